The molecule has 1 fully saturated rings. The minimum absolute atomic E-state index is 0.701. The second-order valence-electron chi connectivity index (χ2n) is 4.61. The first-order chi connectivity index (χ1) is 7.88. The fourth-order valence-electron chi connectivity index (χ4n) is 2.38. The van der Waals surface area contributed by atoms with E-state index in [9.17, 15) is 0 Å². The predicted molar refractivity (Wildman–Crippen MR) is 70.9 cm³/mol. The monoisotopic (exact) mass is 238 g/mol. The van der Waals surface area contributed by atoms with E-state index in [1.807, 2.05) is 11.3 Å². The van der Waals surface area contributed by atoms with Gasteiger partial charge in [0.05, 0.1) is 0 Å². The SMILES string of the molecule is CCCC1CN(Cc2cccs2)CCCN1. The van der Waals surface area contributed by atoms with Crippen LogP contribution in [0.3, 0.4) is 0 Å². The highest BCUT2D eigenvalue weighted by Gasteiger charge is 2.16. The van der Waals surface area contributed by atoms with Gasteiger partial charge in [0.1, 0.15) is 0 Å². The number of hydrogen-bond acceptors (Lipinski definition) is 3. The maximum absolute atomic E-state index is 3.65. The van der Waals surface area contributed by atoms with Gasteiger partial charge in [0, 0.05) is 24.0 Å². The van der Waals surface area contributed by atoms with Gasteiger partial charge in [-0.05, 0) is 37.4 Å². The number of rotatable bonds is 4. The van der Waals surface area contributed by atoms with E-state index >= 15 is 0 Å². The van der Waals surface area contributed by atoms with Crippen LogP contribution in [0.5, 0.6) is 0 Å². The lowest BCUT2D eigenvalue weighted by Gasteiger charge is -2.23. The molecule has 1 unspecified atom stereocenters. The van der Waals surface area contributed by atoms with Crippen LogP contribution in [0, 0.1) is 0 Å². The quantitative estimate of drug-likeness (QED) is 0.867. The summed E-state index contributed by atoms with van der Waals surface area (Å²) >= 11 is 1.88. The second kappa shape index (κ2) is 6.38. The van der Waals surface area contributed by atoms with Crippen LogP contribution in [0.25, 0.3) is 0 Å². The zero-order valence-corrected chi connectivity index (χ0v) is 10.9. The fourth-order valence-corrected chi connectivity index (χ4v) is 3.13. The Morgan fingerprint density at radius 2 is 2.50 bits per heavy atom. The van der Waals surface area contributed by atoms with Crippen LogP contribution in [-0.2, 0) is 6.54 Å². The van der Waals surface area contributed by atoms with E-state index < -0.39 is 0 Å². The Hall–Kier alpha value is -0.380. The van der Waals surface area contributed by atoms with Gasteiger partial charge in [-0.2, -0.15) is 0 Å². The van der Waals surface area contributed by atoms with Crippen molar-refractivity contribution in [3.05, 3.63) is 22.4 Å². The first-order valence-electron chi connectivity index (χ1n) is 6.36. The molecule has 1 N–H and O–H groups in total. The van der Waals surface area contributed by atoms with Crippen LogP contribution in [0.2, 0.25) is 0 Å². The molecule has 0 spiro atoms. The number of thiophene rings is 1. The summed E-state index contributed by atoms with van der Waals surface area (Å²) in [5, 5.41) is 5.83. The Balaban J connectivity index is 1.87. The summed E-state index contributed by atoms with van der Waals surface area (Å²) < 4.78 is 0. The topological polar surface area (TPSA) is 15.3 Å². The van der Waals surface area contributed by atoms with Crippen LogP contribution in [-0.4, -0.2) is 30.6 Å². The van der Waals surface area contributed by atoms with Gasteiger partial charge in [-0.3, -0.25) is 4.90 Å². The summed E-state index contributed by atoms with van der Waals surface area (Å²) in [6.07, 6.45) is 3.87. The average molecular weight is 238 g/mol. The van der Waals surface area contributed by atoms with E-state index in [0.717, 1.165) is 6.54 Å². The Labute approximate surface area is 103 Å². The summed E-state index contributed by atoms with van der Waals surface area (Å²) in [7, 11) is 0. The van der Waals surface area contributed by atoms with Crippen molar-refractivity contribution in [2.24, 2.45) is 0 Å². The zero-order chi connectivity index (χ0) is 11.2. The van der Waals surface area contributed by atoms with Crippen molar-refractivity contribution in [1.29, 1.82) is 0 Å². The van der Waals surface area contributed by atoms with E-state index in [4.69, 9.17) is 0 Å². The summed E-state index contributed by atoms with van der Waals surface area (Å²) in [6.45, 7) is 7.05. The van der Waals surface area contributed by atoms with Crippen molar-refractivity contribution in [3.8, 4) is 0 Å². The zero-order valence-electron chi connectivity index (χ0n) is 10.1. The largest absolute Gasteiger partial charge is 0.313 e. The molecule has 1 aromatic rings. The third-order valence-electron chi connectivity index (χ3n) is 3.16. The van der Waals surface area contributed by atoms with Crippen molar-refractivity contribution in [2.45, 2.75) is 38.8 Å². The molecule has 1 aromatic heterocycles. The lowest BCUT2D eigenvalue weighted by atomic mass is 10.1. The molecule has 2 nitrogen and oxygen atoms in total. The molecule has 2 rings (SSSR count). The molecule has 0 aliphatic carbocycles. The van der Waals surface area contributed by atoms with Crippen molar-refractivity contribution < 1.29 is 0 Å². The fraction of sp³-hybridized carbons (Fsp3) is 0.692. The van der Waals surface area contributed by atoms with Crippen LogP contribution in [0.1, 0.15) is 31.1 Å². The molecule has 1 saturated heterocycles. The molecule has 0 amide bonds. The van der Waals surface area contributed by atoms with Gasteiger partial charge in [0.2, 0.25) is 0 Å². The molecular formula is C13H22N2S. The normalized spacial score (nSPS) is 23.2. The molecule has 3 heteroatoms. The maximum atomic E-state index is 3.65. The van der Waals surface area contributed by atoms with Gasteiger partial charge in [-0.15, -0.1) is 11.3 Å². The third-order valence-corrected chi connectivity index (χ3v) is 4.02. The van der Waals surface area contributed by atoms with Crippen LogP contribution in [0.4, 0.5) is 0 Å². The lowest BCUT2D eigenvalue weighted by Crippen LogP contribution is -2.37. The number of hydrogen-bond donors (Lipinski definition) is 1. The van der Waals surface area contributed by atoms with Gasteiger partial charge < -0.3 is 5.32 Å². The Kier molecular flexibility index (Phi) is 4.82. The van der Waals surface area contributed by atoms with Crippen molar-refractivity contribution in [3.63, 3.8) is 0 Å². The maximum Gasteiger partial charge on any atom is 0.0328 e. The van der Waals surface area contributed by atoms with Crippen molar-refractivity contribution >= 4 is 11.3 Å². The molecule has 1 aliphatic heterocycles. The minimum atomic E-state index is 0.701. The molecule has 90 valence electrons. The molecule has 0 saturated carbocycles. The summed E-state index contributed by atoms with van der Waals surface area (Å²) in [6, 6.07) is 5.10. The van der Waals surface area contributed by atoms with Gasteiger partial charge >= 0.3 is 0 Å². The minimum Gasteiger partial charge on any atom is -0.313 e. The van der Waals surface area contributed by atoms with Gasteiger partial charge in [-0.25, -0.2) is 0 Å². The van der Waals surface area contributed by atoms with Gasteiger partial charge in [-0.1, -0.05) is 19.4 Å². The smallest absolute Gasteiger partial charge is 0.0328 e. The number of nitrogens with zero attached hydrogens (tertiary/aromatic N) is 1. The van der Waals surface area contributed by atoms with E-state index in [-0.39, 0.29) is 0 Å². The average Bonchev–Trinajstić information content (AvgIpc) is 2.67. The molecule has 2 heterocycles. The molecule has 0 aromatic carbocycles. The first kappa shape index (κ1) is 12.1. The second-order valence-corrected chi connectivity index (χ2v) is 5.64. The lowest BCUT2D eigenvalue weighted by molar-refractivity contribution is 0.257. The van der Waals surface area contributed by atoms with Crippen molar-refractivity contribution in [2.75, 3.05) is 19.6 Å². The van der Waals surface area contributed by atoms with E-state index in [2.05, 4.69) is 34.7 Å². The highest BCUT2D eigenvalue weighted by molar-refractivity contribution is 7.09. The molecule has 0 radical (unpaired) electrons. The Bertz CT molecular complexity index is 284. The molecule has 16 heavy (non-hydrogen) atoms. The first-order valence-corrected chi connectivity index (χ1v) is 7.24. The Morgan fingerprint density at radius 3 is 3.25 bits per heavy atom. The molecule has 1 atom stereocenters. The van der Waals surface area contributed by atoms with Crippen molar-refractivity contribution in [1.82, 2.24) is 10.2 Å². The highest BCUT2D eigenvalue weighted by atomic mass is 32.1. The van der Waals surface area contributed by atoms with Gasteiger partial charge in [0.25, 0.3) is 0 Å². The van der Waals surface area contributed by atoms with Crippen LogP contribution in [0.15, 0.2) is 17.5 Å². The van der Waals surface area contributed by atoms with Gasteiger partial charge in [0.15, 0.2) is 0 Å². The van der Waals surface area contributed by atoms with E-state index in [1.165, 1.54) is 43.8 Å². The summed E-state index contributed by atoms with van der Waals surface area (Å²) in [5.41, 5.74) is 0. The van der Waals surface area contributed by atoms with Crippen LogP contribution >= 0.6 is 11.3 Å². The van der Waals surface area contributed by atoms with Crippen LogP contribution < -0.4 is 5.32 Å². The standard InChI is InChI=1S/C13H22N2S/c1-2-5-12-10-15(8-4-7-14-12)11-13-6-3-9-16-13/h3,6,9,12,14H,2,4-5,7-8,10-11H2,1H3. The number of nitrogens with one attached hydrogen (secondary N) is 1. The van der Waals surface area contributed by atoms with E-state index in [0.29, 0.717) is 6.04 Å². The molecule has 1 aliphatic rings. The molecule has 0 bridgehead atoms. The third kappa shape index (κ3) is 3.58. The Morgan fingerprint density at radius 1 is 1.56 bits per heavy atom. The molecular weight excluding hydrogens is 216 g/mol. The predicted octanol–water partition coefficient (Wildman–Crippen LogP) is 2.71. The summed E-state index contributed by atoms with van der Waals surface area (Å²) in [4.78, 5) is 4.10. The van der Waals surface area contributed by atoms with E-state index in [1.54, 1.807) is 0 Å². The summed E-state index contributed by atoms with van der Waals surface area (Å²) in [5.74, 6) is 0. The highest BCUT2D eigenvalue weighted by Crippen LogP contribution is 2.14.